The molecule has 1 aliphatic heterocycles. The summed E-state index contributed by atoms with van der Waals surface area (Å²) in [6, 6.07) is 7.62. The minimum absolute atomic E-state index is 0.241. The van der Waals surface area contributed by atoms with E-state index in [1.54, 1.807) is 0 Å². The summed E-state index contributed by atoms with van der Waals surface area (Å²) < 4.78 is 0. The first-order valence-electron chi connectivity index (χ1n) is 7.95. The number of anilines is 1. The summed E-state index contributed by atoms with van der Waals surface area (Å²) in [5, 5.41) is 3.56. The quantitative estimate of drug-likeness (QED) is 0.346. The highest BCUT2D eigenvalue weighted by Crippen LogP contribution is 2.50. The molecule has 114 valence electrons. The summed E-state index contributed by atoms with van der Waals surface area (Å²) in [6.45, 7) is 3.26. The van der Waals surface area contributed by atoms with E-state index in [0.717, 1.165) is 30.1 Å². The number of hydrogen-bond donors (Lipinski definition) is 3. The van der Waals surface area contributed by atoms with Gasteiger partial charge in [-0.15, -0.1) is 0 Å². The predicted molar refractivity (Wildman–Crippen MR) is 90.4 cm³/mol. The lowest BCUT2D eigenvalue weighted by Crippen LogP contribution is -2.25. The van der Waals surface area contributed by atoms with Gasteiger partial charge in [-0.2, -0.15) is 0 Å². The molecule has 0 bridgehead atoms. The Morgan fingerprint density at radius 3 is 2.68 bits per heavy atom. The summed E-state index contributed by atoms with van der Waals surface area (Å²) in [5.74, 6) is 1.25. The maximum Gasteiger partial charge on any atom is 0.133 e. The van der Waals surface area contributed by atoms with E-state index in [-0.39, 0.29) is 5.54 Å². The normalized spacial score (nSPS) is 28.0. The molecule has 4 rings (SSSR count). The van der Waals surface area contributed by atoms with Crippen molar-refractivity contribution in [2.45, 2.75) is 31.7 Å². The summed E-state index contributed by atoms with van der Waals surface area (Å²) in [6.07, 6.45) is 5.94. The Kier molecular flexibility index (Phi) is 2.91. The number of nitrogen functional groups attached to an aromatic ring is 1. The zero-order valence-corrected chi connectivity index (χ0v) is 12.9. The molecule has 4 heteroatoms. The molecule has 1 aromatic carbocycles. The van der Waals surface area contributed by atoms with E-state index in [0.29, 0.717) is 11.5 Å². The summed E-state index contributed by atoms with van der Waals surface area (Å²) in [5.41, 5.74) is 17.8. The van der Waals surface area contributed by atoms with Crippen molar-refractivity contribution in [1.29, 1.82) is 0 Å². The number of rotatable bonds is 3. The monoisotopic (exact) mass is 294 g/mol. The molecule has 22 heavy (non-hydrogen) atoms. The van der Waals surface area contributed by atoms with Crippen molar-refractivity contribution in [1.82, 2.24) is 5.32 Å². The maximum atomic E-state index is 6.20. The molecular weight excluding hydrogens is 272 g/mol. The Morgan fingerprint density at radius 1 is 1.32 bits per heavy atom. The van der Waals surface area contributed by atoms with Crippen molar-refractivity contribution in [3.05, 3.63) is 52.7 Å². The average Bonchev–Trinajstić information content (AvgIpc) is 3.39. The van der Waals surface area contributed by atoms with Crippen molar-refractivity contribution in [2.75, 3.05) is 12.3 Å². The zero-order valence-electron chi connectivity index (χ0n) is 12.9. The minimum Gasteiger partial charge on any atom is -0.398 e. The van der Waals surface area contributed by atoms with Gasteiger partial charge in [0.15, 0.2) is 0 Å². The largest absolute Gasteiger partial charge is 0.398 e. The van der Waals surface area contributed by atoms with Gasteiger partial charge in [0.05, 0.1) is 11.2 Å². The molecule has 4 nitrogen and oxygen atoms in total. The van der Waals surface area contributed by atoms with Crippen molar-refractivity contribution < 1.29 is 0 Å². The second kappa shape index (κ2) is 4.71. The highest BCUT2D eigenvalue weighted by molar-refractivity contribution is 6.02. The molecule has 1 spiro atoms. The lowest BCUT2D eigenvalue weighted by Gasteiger charge is -2.24. The first-order valence-corrected chi connectivity index (χ1v) is 7.95. The number of hydrogen-bond acceptors (Lipinski definition) is 3. The highest BCUT2D eigenvalue weighted by atomic mass is 15.2. The second-order valence-corrected chi connectivity index (χ2v) is 6.74. The standard InChI is InChI=1S/C18H22N4/c1-11-9-18(10-21-18)14(12-6-7-12)8-16(11)22-17(20)13-4-2-3-5-15(13)19/h2-5,8,12,21H,6-7,9-10,19H2,1H3,(H2,20,22). The van der Waals surface area contributed by atoms with Crippen LogP contribution >= 0.6 is 0 Å². The molecular formula is C18H22N4. The fraction of sp³-hybridized carbons (Fsp3) is 0.389. The molecule has 0 amide bonds. The molecule has 1 atom stereocenters. The molecule has 2 aliphatic carbocycles. The van der Waals surface area contributed by atoms with E-state index in [2.05, 4.69) is 18.3 Å². The van der Waals surface area contributed by atoms with Crippen LogP contribution in [0.4, 0.5) is 5.69 Å². The van der Waals surface area contributed by atoms with Gasteiger partial charge in [0.25, 0.3) is 0 Å². The van der Waals surface area contributed by atoms with Gasteiger partial charge in [-0.25, -0.2) is 4.99 Å². The van der Waals surface area contributed by atoms with Gasteiger partial charge >= 0.3 is 0 Å². The van der Waals surface area contributed by atoms with Gasteiger partial charge in [0.2, 0.25) is 0 Å². The third-order valence-corrected chi connectivity index (χ3v) is 4.95. The minimum atomic E-state index is 0.241. The fourth-order valence-corrected chi connectivity index (χ4v) is 3.44. The molecule has 1 heterocycles. The van der Waals surface area contributed by atoms with Crippen LogP contribution in [0.5, 0.6) is 0 Å². The third kappa shape index (κ3) is 2.24. The Balaban J connectivity index is 1.70. The maximum absolute atomic E-state index is 6.20. The lowest BCUT2D eigenvalue weighted by atomic mass is 9.83. The van der Waals surface area contributed by atoms with Gasteiger partial charge in [-0.1, -0.05) is 12.1 Å². The van der Waals surface area contributed by atoms with Crippen molar-refractivity contribution >= 4 is 11.5 Å². The van der Waals surface area contributed by atoms with E-state index in [1.165, 1.54) is 24.0 Å². The van der Waals surface area contributed by atoms with Gasteiger partial charge in [0.1, 0.15) is 5.84 Å². The Hall–Kier alpha value is -2.07. The SMILES string of the molecule is CC1=C(N=C(N)c2ccccc2N)C=C(C2CC2)C2(CN2)C1. The van der Waals surface area contributed by atoms with Crippen LogP contribution in [0.3, 0.4) is 0 Å². The van der Waals surface area contributed by atoms with Crippen LogP contribution in [0.2, 0.25) is 0 Å². The van der Waals surface area contributed by atoms with Crippen LogP contribution in [0.15, 0.2) is 52.2 Å². The van der Waals surface area contributed by atoms with Gasteiger partial charge in [-0.05, 0) is 61.5 Å². The number of nitrogens with two attached hydrogens (primary N) is 2. The van der Waals surface area contributed by atoms with Crippen LogP contribution in [0, 0.1) is 5.92 Å². The van der Waals surface area contributed by atoms with Gasteiger partial charge in [0, 0.05) is 17.8 Å². The van der Waals surface area contributed by atoms with Crippen LogP contribution in [-0.2, 0) is 0 Å². The van der Waals surface area contributed by atoms with E-state index in [1.807, 2.05) is 24.3 Å². The van der Waals surface area contributed by atoms with E-state index in [9.17, 15) is 0 Å². The van der Waals surface area contributed by atoms with Gasteiger partial charge in [-0.3, -0.25) is 0 Å². The molecule has 1 unspecified atom stereocenters. The van der Waals surface area contributed by atoms with Crippen LogP contribution in [0.1, 0.15) is 31.7 Å². The lowest BCUT2D eigenvalue weighted by molar-refractivity contribution is 0.649. The predicted octanol–water partition coefficient (Wildman–Crippen LogP) is 2.33. The van der Waals surface area contributed by atoms with E-state index < -0.39 is 0 Å². The number of nitrogens with zero attached hydrogens (tertiary/aromatic N) is 1. The van der Waals surface area contributed by atoms with Gasteiger partial charge < -0.3 is 16.8 Å². The Labute approximate surface area is 131 Å². The first-order chi connectivity index (χ1) is 10.6. The number of benzene rings is 1. The van der Waals surface area contributed by atoms with Crippen molar-refractivity contribution in [2.24, 2.45) is 16.6 Å². The molecule has 1 saturated carbocycles. The number of allylic oxidation sites excluding steroid dienone is 1. The number of aliphatic imine (C=N–C) groups is 1. The average molecular weight is 294 g/mol. The second-order valence-electron chi connectivity index (χ2n) is 6.74. The van der Waals surface area contributed by atoms with E-state index in [4.69, 9.17) is 16.5 Å². The topological polar surface area (TPSA) is 86.3 Å². The van der Waals surface area contributed by atoms with Crippen LogP contribution < -0.4 is 16.8 Å². The summed E-state index contributed by atoms with van der Waals surface area (Å²) in [7, 11) is 0. The van der Waals surface area contributed by atoms with Crippen molar-refractivity contribution in [3.8, 4) is 0 Å². The third-order valence-electron chi connectivity index (χ3n) is 4.95. The Morgan fingerprint density at radius 2 is 2.05 bits per heavy atom. The van der Waals surface area contributed by atoms with Crippen LogP contribution in [0.25, 0.3) is 0 Å². The Bertz CT molecular complexity index is 718. The highest BCUT2D eigenvalue weighted by Gasteiger charge is 2.51. The molecule has 2 fully saturated rings. The fourth-order valence-electron chi connectivity index (χ4n) is 3.44. The first kappa shape index (κ1) is 13.6. The molecule has 3 aliphatic rings. The molecule has 0 radical (unpaired) electrons. The zero-order chi connectivity index (χ0) is 15.3. The molecule has 0 aromatic heterocycles. The number of amidine groups is 1. The molecule has 1 saturated heterocycles. The molecule has 1 aromatic rings. The number of nitrogens with one attached hydrogen (secondary N) is 1. The summed E-state index contributed by atoms with van der Waals surface area (Å²) >= 11 is 0. The van der Waals surface area contributed by atoms with Crippen molar-refractivity contribution in [3.63, 3.8) is 0 Å². The van der Waals surface area contributed by atoms with Crippen LogP contribution in [-0.4, -0.2) is 17.9 Å². The molecule has 5 N–H and O–H groups in total. The smallest absolute Gasteiger partial charge is 0.133 e. The van der Waals surface area contributed by atoms with E-state index >= 15 is 0 Å². The summed E-state index contributed by atoms with van der Waals surface area (Å²) in [4.78, 5) is 4.69. The number of para-hydroxylation sites is 1.